The summed E-state index contributed by atoms with van der Waals surface area (Å²) in [7, 11) is 1.77. The smallest absolute Gasteiger partial charge is 0.191 e. The summed E-state index contributed by atoms with van der Waals surface area (Å²) >= 11 is 0. The molecular weight excluding hydrogens is 486 g/mol. The lowest BCUT2D eigenvalue weighted by molar-refractivity contribution is 0.0532. The standard InChI is InChI=1S/C21H35FN4O2.HI/c1-16(2)27-13-12-26-10-8-19(9-11-26)25-21(23-4)24-15-17(3)28-20-7-5-6-18(22)14-20;/h5-7,14,16-17,19H,8-13,15H2,1-4H3,(H2,23,24,25);1H. The zero-order valence-corrected chi connectivity index (χ0v) is 20.3. The Morgan fingerprint density at radius 1 is 1.28 bits per heavy atom. The summed E-state index contributed by atoms with van der Waals surface area (Å²) < 4.78 is 24.6. The van der Waals surface area contributed by atoms with Gasteiger partial charge in [0.15, 0.2) is 5.96 Å². The summed E-state index contributed by atoms with van der Waals surface area (Å²) in [4.78, 5) is 6.76. The van der Waals surface area contributed by atoms with Gasteiger partial charge in [-0.05, 0) is 45.7 Å². The van der Waals surface area contributed by atoms with Crippen LogP contribution >= 0.6 is 24.0 Å². The number of hydrogen-bond acceptors (Lipinski definition) is 4. The number of hydrogen-bond donors (Lipinski definition) is 2. The van der Waals surface area contributed by atoms with Gasteiger partial charge in [0.1, 0.15) is 17.7 Å². The first-order chi connectivity index (χ1) is 13.5. The predicted molar refractivity (Wildman–Crippen MR) is 127 cm³/mol. The average molecular weight is 522 g/mol. The van der Waals surface area contributed by atoms with Crippen LogP contribution in [-0.4, -0.2) is 68.9 Å². The van der Waals surface area contributed by atoms with Gasteiger partial charge in [-0.3, -0.25) is 4.99 Å². The molecule has 1 fully saturated rings. The number of piperidine rings is 1. The molecule has 29 heavy (non-hydrogen) atoms. The van der Waals surface area contributed by atoms with Gasteiger partial charge in [0.05, 0.1) is 19.3 Å². The number of nitrogens with one attached hydrogen (secondary N) is 2. The summed E-state index contributed by atoms with van der Waals surface area (Å²) in [6.07, 6.45) is 2.35. The molecule has 1 aromatic rings. The van der Waals surface area contributed by atoms with E-state index in [0.717, 1.165) is 45.0 Å². The number of rotatable bonds is 9. The SMILES string of the molecule is CN=C(NCC(C)Oc1cccc(F)c1)NC1CCN(CCOC(C)C)CC1.I. The molecule has 6 nitrogen and oxygen atoms in total. The molecule has 0 spiro atoms. The van der Waals surface area contributed by atoms with Crippen LogP contribution in [0.3, 0.4) is 0 Å². The lowest BCUT2D eigenvalue weighted by Gasteiger charge is -2.33. The maximum atomic E-state index is 13.2. The Morgan fingerprint density at radius 2 is 2.00 bits per heavy atom. The topological polar surface area (TPSA) is 58.1 Å². The van der Waals surface area contributed by atoms with Crippen molar-refractivity contribution in [2.45, 2.75) is 51.9 Å². The van der Waals surface area contributed by atoms with Gasteiger partial charge in [0, 0.05) is 38.8 Å². The summed E-state index contributed by atoms with van der Waals surface area (Å²) in [5.41, 5.74) is 0. The summed E-state index contributed by atoms with van der Waals surface area (Å²) in [6, 6.07) is 6.61. The molecule has 2 rings (SSSR count). The van der Waals surface area contributed by atoms with E-state index in [0.29, 0.717) is 24.4 Å². The van der Waals surface area contributed by atoms with Gasteiger partial charge in [-0.15, -0.1) is 24.0 Å². The van der Waals surface area contributed by atoms with Crippen molar-refractivity contribution in [1.82, 2.24) is 15.5 Å². The van der Waals surface area contributed by atoms with Gasteiger partial charge >= 0.3 is 0 Å². The highest BCUT2D eigenvalue weighted by atomic mass is 127. The number of aliphatic imine (C=N–C) groups is 1. The van der Waals surface area contributed by atoms with Crippen LogP contribution < -0.4 is 15.4 Å². The van der Waals surface area contributed by atoms with E-state index < -0.39 is 0 Å². The third-order valence-electron chi connectivity index (χ3n) is 4.70. The second-order valence-corrected chi connectivity index (χ2v) is 7.52. The van der Waals surface area contributed by atoms with Crippen molar-refractivity contribution in [2.75, 3.05) is 39.8 Å². The fourth-order valence-electron chi connectivity index (χ4n) is 3.16. The summed E-state index contributed by atoms with van der Waals surface area (Å²) in [5.74, 6) is 1.01. The molecule has 0 bridgehead atoms. The molecule has 1 heterocycles. The summed E-state index contributed by atoms with van der Waals surface area (Å²) in [6.45, 7) is 10.6. The molecule has 0 amide bonds. The van der Waals surface area contributed by atoms with Crippen LogP contribution in [0.1, 0.15) is 33.6 Å². The zero-order chi connectivity index (χ0) is 20.4. The molecule has 0 aliphatic carbocycles. The quantitative estimate of drug-likeness (QED) is 0.296. The van der Waals surface area contributed by atoms with Gasteiger partial charge in [-0.1, -0.05) is 6.07 Å². The number of benzene rings is 1. The first kappa shape index (κ1) is 25.9. The van der Waals surface area contributed by atoms with Crippen LogP contribution in [0.25, 0.3) is 0 Å². The summed E-state index contributed by atoms with van der Waals surface area (Å²) in [5, 5.41) is 6.79. The highest BCUT2D eigenvalue weighted by Gasteiger charge is 2.20. The molecule has 2 N–H and O–H groups in total. The Bertz CT molecular complexity index is 610. The number of halogens is 2. The van der Waals surface area contributed by atoms with E-state index in [9.17, 15) is 4.39 Å². The molecule has 8 heteroatoms. The Labute approximate surface area is 191 Å². The van der Waals surface area contributed by atoms with Gasteiger partial charge in [0.25, 0.3) is 0 Å². The molecule has 0 aromatic heterocycles. The molecule has 1 aliphatic heterocycles. The minimum Gasteiger partial charge on any atom is -0.489 e. The molecule has 1 atom stereocenters. The van der Waals surface area contributed by atoms with Crippen molar-refractivity contribution >= 4 is 29.9 Å². The Kier molecular flexibility index (Phi) is 12.5. The molecule has 1 aromatic carbocycles. The third-order valence-corrected chi connectivity index (χ3v) is 4.70. The van der Waals surface area contributed by atoms with Crippen LogP contribution in [0.15, 0.2) is 29.3 Å². The van der Waals surface area contributed by atoms with Gasteiger partial charge < -0.3 is 25.0 Å². The molecule has 166 valence electrons. The molecule has 0 saturated carbocycles. The van der Waals surface area contributed by atoms with E-state index in [2.05, 4.69) is 34.4 Å². The van der Waals surface area contributed by atoms with Gasteiger partial charge in [-0.2, -0.15) is 0 Å². The maximum Gasteiger partial charge on any atom is 0.191 e. The van der Waals surface area contributed by atoms with E-state index in [1.54, 1.807) is 19.2 Å². The highest BCUT2D eigenvalue weighted by molar-refractivity contribution is 14.0. The molecule has 1 saturated heterocycles. The van der Waals surface area contributed by atoms with Gasteiger partial charge in [-0.25, -0.2) is 4.39 Å². The number of ether oxygens (including phenoxy) is 2. The van der Waals surface area contributed by atoms with Crippen molar-refractivity contribution in [3.8, 4) is 5.75 Å². The molecule has 1 aliphatic rings. The first-order valence-electron chi connectivity index (χ1n) is 10.2. The largest absolute Gasteiger partial charge is 0.489 e. The van der Waals surface area contributed by atoms with Crippen molar-refractivity contribution in [2.24, 2.45) is 4.99 Å². The molecular formula is C21H36FIN4O2. The van der Waals surface area contributed by atoms with E-state index in [1.807, 2.05) is 6.92 Å². The fourth-order valence-corrected chi connectivity index (χ4v) is 3.16. The average Bonchev–Trinajstić information content (AvgIpc) is 2.66. The zero-order valence-electron chi connectivity index (χ0n) is 18.0. The van der Waals surface area contributed by atoms with Crippen LogP contribution in [0, 0.1) is 5.82 Å². The fraction of sp³-hybridized carbons (Fsp3) is 0.667. The minimum atomic E-state index is -0.294. The van der Waals surface area contributed by atoms with E-state index in [1.165, 1.54) is 12.1 Å². The molecule has 0 radical (unpaired) electrons. The minimum absolute atomic E-state index is 0. The normalized spacial score (nSPS) is 17.0. The Balaban J connectivity index is 0.00000420. The van der Waals surface area contributed by atoms with Crippen molar-refractivity contribution in [3.63, 3.8) is 0 Å². The third kappa shape index (κ3) is 10.5. The van der Waals surface area contributed by atoms with Gasteiger partial charge in [0.2, 0.25) is 0 Å². The van der Waals surface area contributed by atoms with Crippen LogP contribution in [0.2, 0.25) is 0 Å². The second kappa shape index (κ2) is 14.0. The maximum absolute atomic E-state index is 13.2. The Morgan fingerprint density at radius 3 is 2.62 bits per heavy atom. The van der Waals surface area contributed by atoms with Crippen molar-refractivity contribution < 1.29 is 13.9 Å². The Hall–Kier alpha value is -1.13. The number of nitrogens with zero attached hydrogens (tertiary/aromatic N) is 2. The highest BCUT2D eigenvalue weighted by Crippen LogP contribution is 2.13. The number of guanidine groups is 1. The number of likely N-dealkylation sites (tertiary alicyclic amines) is 1. The monoisotopic (exact) mass is 522 g/mol. The van der Waals surface area contributed by atoms with Crippen LogP contribution in [0.5, 0.6) is 5.75 Å². The second-order valence-electron chi connectivity index (χ2n) is 7.52. The van der Waals surface area contributed by atoms with Crippen molar-refractivity contribution in [1.29, 1.82) is 0 Å². The lowest BCUT2D eigenvalue weighted by Crippen LogP contribution is -2.50. The van der Waals surface area contributed by atoms with Crippen LogP contribution in [-0.2, 0) is 4.74 Å². The predicted octanol–water partition coefficient (Wildman–Crippen LogP) is 3.27. The van der Waals surface area contributed by atoms with E-state index >= 15 is 0 Å². The first-order valence-corrected chi connectivity index (χ1v) is 10.2. The van der Waals surface area contributed by atoms with Crippen molar-refractivity contribution in [3.05, 3.63) is 30.1 Å². The van der Waals surface area contributed by atoms with Crippen LogP contribution in [0.4, 0.5) is 4.39 Å². The lowest BCUT2D eigenvalue weighted by atomic mass is 10.1. The van der Waals surface area contributed by atoms with E-state index in [4.69, 9.17) is 9.47 Å². The molecule has 1 unspecified atom stereocenters. The van der Waals surface area contributed by atoms with E-state index in [-0.39, 0.29) is 35.9 Å².